The van der Waals surface area contributed by atoms with E-state index in [1.165, 1.54) is 19.4 Å². The van der Waals surface area contributed by atoms with Crippen molar-refractivity contribution < 1.29 is 0 Å². The lowest BCUT2D eigenvalue weighted by molar-refractivity contribution is 0.245. The van der Waals surface area contributed by atoms with Gasteiger partial charge >= 0.3 is 0 Å². The molecule has 1 unspecified atom stereocenters. The Balaban J connectivity index is 2.00. The van der Waals surface area contributed by atoms with Gasteiger partial charge in [0.25, 0.3) is 0 Å². The predicted octanol–water partition coefficient (Wildman–Crippen LogP) is 3.05. The van der Waals surface area contributed by atoms with Gasteiger partial charge < -0.3 is 9.55 Å². The van der Waals surface area contributed by atoms with Crippen molar-refractivity contribution in [2.24, 2.45) is 0 Å². The van der Waals surface area contributed by atoms with Crippen LogP contribution in [0.5, 0.6) is 0 Å². The third-order valence-corrected chi connectivity index (χ3v) is 4.53. The maximum atomic E-state index is 9.06. The Morgan fingerprint density at radius 2 is 2.35 bits per heavy atom. The summed E-state index contributed by atoms with van der Waals surface area (Å²) in [6.07, 6.45) is 2.48. The van der Waals surface area contributed by atoms with Gasteiger partial charge in [-0.3, -0.25) is 4.90 Å². The molecule has 104 valence electrons. The van der Waals surface area contributed by atoms with E-state index >= 15 is 0 Å². The van der Waals surface area contributed by atoms with Crippen LogP contribution < -0.4 is 0 Å². The fourth-order valence-corrected chi connectivity index (χ4v) is 3.42. The molecule has 4 nitrogen and oxygen atoms in total. The minimum absolute atomic E-state index is 0.552. The maximum Gasteiger partial charge on any atom is 0.178 e. The average molecular weight is 286 g/mol. The number of aromatic amines is 1. The number of likely N-dealkylation sites (tertiary alicyclic amines) is 1. The van der Waals surface area contributed by atoms with Gasteiger partial charge in [0, 0.05) is 12.6 Å². The maximum absolute atomic E-state index is 9.06. The molecule has 1 aliphatic rings. The van der Waals surface area contributed by atoms with E-state index < -0.39 is 0 Å². The normalized spacial score (nSPS) is 19.5. The van der Waals surface area contributed by atoms with Crippen molar-refractivity contribution in [3.8, 4) is 6.07 Å². The highest BCUT2D eigenvalue weighted by atomic mass is 32.1. The third-order valence-electron chi connectivity index (χ3n) is 4.20. The van der Waals surface area contributed by atoms with E-state index in [2.05, 4.69) is 27.4 Å². The Labute approximate surface area is 123 Å². The number of likely N-dealkylation sites (N-methyl/N-ethyl adjacent to an activating group) is 1. The minimum atomic E-state index is 0.552. The summed E-state index contributed by atoms with van der Waals surface area (Å²) in [6.45, 7) is 5.38. The SMILES string of the molecule is CCN1CCCC1Cn1c(=S)[nH]c2ccc(C#N)cc21. The van der Waals surface area contributed by atoms with Crippen molar-refractivity contribution in [2.75, 3.05) is 13.1 Å². The molecule has 1 aliphatic heterocycles. The molecule has 0 saturated carbocycles. The molecule has 20 heavy (non-hydrogen) atoms. The lowest BCUT2D eigenvalue weighted by Gasteiger charge is -2.23. The fourth-order valence-electron chi connectivity index (χ4n) is 3.13. The molecule has 0 spiro atoms. The number of nitriles is 1. The summed E-state index contributed by atoms with van der Waals surface area (Å²) in [6, 6.07) is 8.44. The molecule has 1 saturated heterocycles. The van der Waals surface area contributed by atoms with E-state index in [0.29, 0.717) is 11.6 Å². The Hall–Kier alpha value is -1.64. The number of H-pyrrole nitrogens is 1. The zero-order valence-corrected chi connectivity index (χ0v) is 12.4. The van der Waals surface area contributed by atoms with E-state index in [-0.39, 0.29) is 0 Å². The molecular formula is C15H18N4S. The first-order chi connectivity index (χ1) is 9.72. The molecule has 2 heterocycles. The minimum Gasteiger partial charge on any atom is -0.331 e. The van der Waals surface area contributed by atoms with Crippen LogP contribution >= 0.6 is 12.2 Å². The van der Waals surface area contributed by atoms with Gasteiger partial charge in [-0.1, -0.05) is 6.92 Å². The molecule has 1 atom stereocenters. The highest BCUT2D eigenvalue weighted by Gasteiger charge is 2.24. The first-order valence-corrected chi connectivity index (χ1v) is 7.50. The van der Waals surface area contributed by atoms with Gasteiger partial charge in [0.15, 0.2) is 4.77 Å². The molecule has 5 heteroatoms. The number of fused-ring (bicyclic) bond motifs is 1. The first kappa shape index (κ1) is 13.3. The van der Waals surface area contributed by atoms with Crippen LogP contribution in [0.3, 0.4) is 0 Å². The molecular weight excluding hydrogens is 268 g/mol. The second-order valence-electron chi connectivity index (χ2n) is 5.31. The first-order valence-electron chi connectivity index (χ1n) is 7.09. The van der Waals surface area contributed by atoms with E-state index in [4.69, 9.17) is 17.5 Å². The number of rotatable bonds is 3. The topological polar surface area (TPSA) is 47.8 Å². The van der Waals surface area contributed by atoms with Crippen LogP contribution in [-0.2, 0) is 6.54 Å². The Bertz CT molecular complexity index is 722. The van der Waals surface area contributed by atoms with Gasteiger partial charge in [-0.2, -0.15) is 5.26 Å². The summed E-state index contributed by atoms with van der Waals surface area (Å²) in [5.74, 6) is 0. The summed E-state index contributed by atoms with van der Waals surface area (Å²) in [7, 11) is 0. The molecule has 0 aliphatic carbocycles. The second kappa shape index (κ2) is 5.39. The molecule has 1 aromatic carbocycles. The van der Waals surface area contributed by atoms with Gasteiger partial charge in [0.2, 0.25) is 0 Å². The van der Waals surface area contributed by atoms with Gasteiger partial charge in [0.1, 0.15) is 0 Å². The average Bonchev–Trinajstić information content (AvgIpc) is 3.03. The van der Waals surface area contributed by atoms with Crippen LogP contribution in [0.1, 0.15) is 25.3 Å². The Kier molecular flexibility index (Phi) is 3.60. The van der Waals surface area contributed by atoms with Crippen molar-refractivity contribution in [3.05, 3.63) is 28.5 Å². The van der Waals surface area contributed by atoms with Crippen LogP contribution in [-0.4, -0.2) is 33.6 Å². The highest BCUT2D eigenvalue weighted by Crippen LogP contribution is 2.22. The van der Waals surface area contributed by atoms with Crippen LogP contribution in [0.15, 0.2) is 18.2 Å². The number of imidazole rings is 1. The highest BCUT2D eigenvalue weighted by molar-refractivity contribution is 7.71. The monoisotopic (exact) mass is 286 g/mol. The number of nitrogens with one attached hydrogen (secondary N) is 1. The van der Waals surface area contributed by atoms with Gasteiger partial charge in [0.05, 0.1) is 22.7 Å². The Morgan fingerprint density at radius 1 is 1.50 bits per heavy atom. The number of nitrogens with zero attached hydrogens (tertiary/aromatic N) is 3. The zero-order chi connectivity index (χ0) is 14.1. The van der Waals surface area contributed by atoms with E-state index in [0.717, 1.165) is 28.9 Å². The van der Waals surface area contributed by atoms with Crippen molar-refractivity contribution in [1.29, 1.82) is 5.26 Å². The van der Waals surface area contributed by atoms with Crippen molar-refractivity contribution in [2.45, 2.75) is 32.4 Å². The largest absolute Gasteiger partial charge is 0.331 e. The van der Waals surface area contributed by atoms with Gasteiger partial charge in [-0.25, -0.2) is 0 Å². The van der Waals surface area contributed by atoms with Crippen LogP contribution in [0.2, 0.25) is 0 Å². The molecule has 1 aromatic heterocycles. The number of hydrogen-bond acceptors (Lipinski definition) is 3. The number of benzene rings is 1. The van der Waals surface area contributed by atoms with E-state index in [1.54, 1.807) is 0 Å². The van der Waals surface area contributed by atoms with Gasteiger partial charge in [-0.05, 0) is 56.3 Å². The molecule has 1 N–H and O–H groups in total. The van der Waals surface area contributed by atoms with Crippen LogP contribution in [0.25, 0.3) is 11.0 Å². The van der Waals surface area contributed by atoms with E-state index in [1.807, 2.05) is 18.2 Å². The lowest BCUT2D eigenvalue weighted by Crippen LogP contribution is -2.32. The molecule has 0 amide bonds. The van der Waals surface area contributed by atoms with Crippen LogP contribution in [0, 0.1) is 16.1 Å². The molecule has 0 bridgehead atoms. The van der Waals surface area contributed by atoms with Crippen molar-refractivity contribution in [1.82, 2.24) is 14.5 Å². The Morgan fingerprint density at radius 3 is 3.10 bits per heavy atom. The second-order valence-corrected chi connectivity index (χ2v) is 5.70. The van der Waals surface area contributed by atoms with Gasteiger partial charge in [-0.15, -0.1) is 0 Å². The summed E-state index contributed by atoms with van der Waals surface area (Å²) in [5, 5.41) is 9.06. The summed E-state index contributed by atoms with van der Waals surface area (Å²) in [4.78, 5) is 5.74. The summed E-state index contributed by atoms with van der Waals surface area (Å²) < 4.78 is 2.89. The molecule has 1 fully saturated rings. The van der Waals surface area contributed by atoms with Crippen molar-refractivity contribution in [3.63, 3.8) is 0 Å². The molecule has 3 rings (SSSR count). The van der Waals surface area contributed by atoms with E-state index in [9.17, 15) is 0 Å². The standard InChI is InChI=1S/C15H18N4S/c1-2-18-7-3-4-12(18)10-19-14-8-11(9-16)5-6-13(14)17-15(19)20/h5-6,8,12H,2-4,7,10H2,1H3,(H,17,20). The van der Waals surface area contributed by atoms with Crippen molar-refractivity contribution >= 4 is 23.3 Å². The van der Waals surface area contributed by atoms with Crippen LogP contribution in [0.4, 0.5) is 0 Å². The lowest BCUT2D eigenvalue weighted by atomic mass is 10.2. The number of hydrogen-bond donors (Lipinski definition) is 1. The third kappa shape index (κ3) is 2.26. The fraction of sp³-hybridized carbons (Fsp3) is 0.467. The number of aromatic nitrogens is 2. The zero-order valence-electron chi connectivity index (χ0n) is 11.6. The quantitative estimate of drug-likeness (QED) is 0.882. The summed E-state index contributed by atoms with van der Waals surface area (Å²) in [5.41, 5.74) is 2.73. The predicted molar refractivity (Wildman–Crippen MR) is 82.1 cm³/mol. The molecule has 2 aromatic rings. The smallest absolute Gasteiger partial charge is 0.178 e. The molecule has 0 radical (unpaired) electrons. The summed E-state index contributed by atoms with van der Waals surface area (Å²) >= 11 is 5.45.